The SMILES string of the molecule is Cc1nnc(Oc2cnn(C)c2)c(C(N)=S)c1C. The van der Waals surface area contributed by atoms with E-state index in [0.29, 0.717) is 17.2 Å². The second-order valence-electron chi connectivity index (χ2n) is 3.91. The summed E-state index contributed by atoms with van der Waals surface area (Å²) in [6, 6.07) is 0. The molecule has 0 fully saturated rings. The summed E-state index contributed by atoms with van der Waals surface area (Å²) in [5, 5.41) is 12.0. The smallest absolute Gasteiger partial charge is 0.249 e. The Labute approximate surface area is 110 Å². The average molecular weight is 263 g/mol. The molecular formula is C11H13N5OS. The molecule has 0 spiro atoms. The summed E-state index contributed by atoms with van der Waals surface area (Å²) in [4.78, 5) is 0.240. The minimum atomic E-state index is 0.240. The second kappa shape index (κ2) is 4.69. The highest BCUT2D eigenvalue weighted by Crippen LogP contribution is 2.25. The van der Waals surface area contributed by atoms with Crippen LogP contribution >= 0.6 is 12.2 Å². The number of ether oxygens (including phenoxy) is 1. The van der Waals surface area contributed by atoms with Gasteiger partial charge in [0, 0.05) is 7.05 Å². The lowest BCUT2D eigenvalue weighted by Crippen LogP contribution is -2.15. The van der Waals surface area contributed by atoms with Crippen LogP contribution in [0, 0.1) is 13.8 Å². The predicted molar refractivity (Wildman–Crippen MR) is 70.7 cm³/mol. The van der Waals surface area contributed by atoms with Gasteiger partial charge in [0.05, 0.1) is 23.7 Å². The van der Waals surface area contributed by atoms with E-state index in [-0.39, 0.29) is 4.99 Å². The average Bonchev–Trinajstić information content (AvgIpc) is 2.69. The monoisotopic (exact) mass is 263 g/mol. The van der Waals surface area contributed by atoms with Crippen LogP contribution < -0.4 is 10.5 Å². The van der Waals surface area contributed by atoms with E-state index in [1.807, 2.05) is 13.8 Å². The van der Waals surface area contributed by atoms with E-state index in [4.69, 9.17) is 22.7 Å². The van der Waals surface area contributed by atoms with Crippen LogP contribution in [0.15, 0.2) is 12.4 Å². The van der Waals surface area contributed by atoms with E-state index in [2.05, 4.69) is 15.3 Å². The van der Waals surface area contributed by atoms with Crippen LogP contribution in [0.5, 0.6) is 11.6 Å². The number of hydrogen-bond acceptors (Lipinski definition) is 5. The number of thiocarbonyl (C=S) groups is 1. The molecule has 18 heavy (non-hydrogen) atoms. The van der Waals surface area contributed by atoms with Crippen LogP contribution in [0.25, 0.3) is 0 Å². The first-order valence-corrected chi connectivity index (χ1v) is 5.70. The Morgan fingerprint density at radius 3 is 2.67 bits per heavy atom. The number of nitrogens with two attached hydrogens (primary N) is 1. The van der Waals surface area contributed by atoms with Crippen molar-refractivity contribution in [3.05, 3.63) is 29.2 Å². The quantitative estimate of drug-likeness (QED) is 0.840. The molecule has 2 rings (SSSR count). The van der Waals surface area contributed by atoms with Crippen molar-refractivity contribution in [3.8, 4) is 11.6 Å². The van der Waals surface area contributed by atoms with Crippen LogP contribution in [0.1, 0.15) is 16.8 Å². The molecule has 0 aliphatic rings. The third kappa shape index (κ3) is 2.30. The molecule has 0 radical (unpaired) electrons. The van der Waals surface area contributed by atoms with Crippen molar-refractivity contribution in [2.45, 2.75) is 13.8 Å². The van der Waals surface area contributed by atoms with Gasteiger partial charge in [-0.05, 0) is 19.4 Å². The molecule has 0 aliphatic carbocycles. The molecule has 2 N–H and O–H groups in total. The second-order valence-corrected chi connectivity index (χ2v) is 4.35. The van der Waals surface area contributed by atoms with Gasteiger partial charge in [-0.1, -0.05) is 12.2 Å². The van der Waals surface area contributed by atoms with Gasteiger partial charge in [-0.3, -0.25) is 4.68 Å². The summed E-state index contributed by atoms with van der Waals surface area (Å²) in [5.74, 6) is 0.867. The maximum atomic E-state index is 5.71. The minimum Gasteiger partial charge on any atom is -0.434 e. The summed E-state index contributed by atoms with van der Waals surface area (Å²) in [7, 11) is 1.80. The molecule has 0 aliphatic heterocycles. The molecule has 0 bridgehead atoms. The zero-order chi connectivity index (χ0) is 13.3. The van der Waals surface area contributed by atoms with Gasteiger partial charge in [0.1, 0.15) is 4.99 Å². The molecule has 0 saturated heterocycles. The lowest BCUT2D eigenvalue weighted by molar-refractivity contribution is 0.452. The Balaban J connectivity index is 2.44. The highest BCUT2D eigenvalue weighted by atomic mass is 32.1. The standard InChI is InChI=1S/C11H13N5OS/c1-6-7(2)14-15-11(9(6)10(12)18)17-8-4-13-16(3)5-8/h4-5H,1-3H3,(H2,12,18). The van der Waals surface area contributed by atoms with Gasteiger partial charge in [0.15, 0.2) is 5.75 Å². The van der Waals surface area contributed by atoms with Gasteiger partial charge >= 0.3 is 0 Å². The summed E-state index contributed by atoms with van der Waals surface area (Å²) >= 11 is 5.03. The maximum absolute atomic E-state index is 5.71. The summed E-state index contributed by atoms with van der Waals surface area (Å²) in [6.45, 7) is 3.73. The Morgan fingerprint density at radius 1 is 1.39 bits per heavy atom. The van der Waals surface area contributed by atoms with Gasteiger partial charge in [-0.15, -0.1) is 5.10 Å². The fourth-order valence-electron chi connectivity index (χ4n) is 1.51. The highest BCUT2D eigenvalue weighted by Gasteiger charge is 2.16. The van der Waals surface area contributed by atoms with Crippen LogP contribution in [-0.4, -0.2) is 25.0 Å². The van der Waals surface area contributed by atoms with E-state index >= 15 is 0 Å². The Hall–Kier alpha value is -2.02. The molecule has 0 atom stereocenters. The summed E-state index contributed by atoms with van der Waals surface area (Å²) in [5.41, 5.74) is 7.96. The topological polar surface area (TPSA) is 78.9 Å². The van der Waals surface area contributed by atoms with Crippen LogP contribution in [0.3, 0.4) is 0 Å². The van der Waals surface area contributed by atoms with E-state index in [1.165, 1.54) is 0 Å². The molecule has 94 valence electrons. The van der Waals surface area contributed by atoms with Gasteiger partial charge < -0.3 is 10.5 Å². The van der Waals surface area contributed by atoms with Crippen molar-refractivity contribution in [2.24, 2.45) is 12.8 Å². The zero-order valence-electron chi connectivity index (χ0n) is 10.3. The molecule has 6 nitrogen and oxygen atoms in total. The largest absolute Gasteiger partial charge is 0.434 e. The van der Waals surface area contributed by atoms with Gasteiger partial charge in [-0.25, -0.2) is 0 Å². The van der Waals surface area contributed by atoms with Gasteiger partial charge in [0.2, 0.25) is 5.88 Å². The van der Waals surface area contributed by atoms with Crippen LogP contribution in [-0.2, 0) is 7.05 Å². The van der Waals surface area contributed by atoms with Crippen LogP contribution in [0.2, 0.25) is 0 Å². The normalized spacial score (nSPS) is 10.4. The van der Waals surface area contributed by atoms with Gasteiger partial charge in [-0.2, -0.15) is 10.2 Å². The van der Waals surface area contributed by atoms with E-state index in [0.717, 1.165) is 11.3 Å². The minimum absolute atomic E-state index is 0.240. The number of rotatable bonds is 3. The van der Waals surface area contributed by atoms with Crippen LogP contribution in [0.4, 0.5) is 0 Å². The summed E-state index contributed by atoms with van der Waals surface area (Å²) < 4.78 is 7.23. The van der Waals surface area contributed by atoms with E-state index < -0.39 is 0 Å². The first kappa shape index (κ1) is 12.4. The number of nitrogens with zero attached hydrogens (tertiary/aromatic N) is 4. The zero-order valence-corrected chi connectivity index (χ0v) is 11.2. The first-order chi connectivity index (χ1) is 8.49. The molecule has 7 heteroatoms. The maximum Gasteiger partial charge on any atom is 0.249 e. The van der Waals surface area contributed by atoms with Crippen molar-refractivity contribution in [1.29, 1.82) is 0 Å². The van der Waals surface area contributed by atoms with Crippen molar-refractivity contribution in [1.82, 2.24) is 20.0 Å². The van der Waals surface area contributed by atoms with Crippen molar-refractivity contribution < 1.29 is 4.74 Å². The van der Waals surface area contributed by atoms with E-state index in [9.17, 15) is 0 Å². The number of aryl methyl sites for hydroxylation is 2. The molecular weight excluding hydrogens is 250 g/mol. The Kier molecular flexibility index (Phi) is 3.24. The number of aromatic nitrogens is 4. The fraction of sp³-hybridized carbons (Fsp3) is 0.273. The lowest BCUT2D eigenvalue weighted by Gasteiger charge is -2.10. The number of hydrogen-bond donors (Lipinski definition) is 1. The Morgan fingerprint density at radius 2 is 2.11 bits per heavy atom. The van der Waals surface area contributed by atoms with Crippen molar-refractivity contribution in [3.63, 3.8) is 0 Å². The molecule has 2 heterocycles. The molecule has 0 amide bonds. The highest BCUT2D eigenvalue weighted by molar-refractivity contribution is 7.80. The predicted octanol–water partition coefficient (Wildman–Crippen LogP) is 1.25. The molecule has 2 aromatic rings. The fourth-order valence-corrected chi connectivity index (χ4v) is 1.75. The molecule has 0 saturated carbocycles. The Bertz CT molecular complexity index is 607. The third-order valence-electron chi connectivity index (χ3n) is 2.56. The lowest BCUT2D eigenvalue weighted by atomic mass is 10.1. The van der Waals surface area contributed by atoms with Gasteiger partial charge in [0.25, 0.3) is 0 Å². The third-order valence-corrected chi connectivity index (χ3v) is 2.77. The molecule has 0 unspecified atom stereocenters. The van der Waals surface area contributed by atoms with Crippen molar-refractivity contribution >= 4 is 17.2 Å². The molecule has 0 aromatic carbocycles. The van der Waals surface area contributed by atoms with E-state index in [1.54, 1.807) is 24.1 Å². The summed E-state index contributed by atoms with van der Waals surface area (Å²) in [6.07, 6.45) is 3.31. The van der Waals surface area contributed by atoms with Crippen molar-refractivity contribution in [2.75, 3.05) is 0 Å². The first-order valence-electron chi connectivity index (χ1n) is 5.29. The molecule has 2 aromatic heterocycles.